The average Bonchev–Trinajstić information content (AvgIpc) is 3.89. The molecule has 0 aliphatic carbocycles. The predicted molar refractivity (Wildman–Crippen MR) is 266 cm³/mol. The molecule has 2 heterocycles. The van der Waals surface area contributed by atoms with Gasteiger partial charge in [0.15, 0.2) is 0 Å². The SMILES string of the molecule is c1ccc(N(c2ccc(-c3ccc4c(ccc5ccccc54)c3)cc2)c2ccccc2-n2c3ccccc3c3ccccc32)c(-c2cccc3oc4cc5ccccc5cc4c23)c1. The Hall–Kier alpha value is -8.40. The summed E-state index contributed by atoms with van der Waals surface area (Å²) in [4.78, 5) is 2.45. The summed E-state index contributed by atoms with van der Waals surface area (Å²) >= 11 is 0. The molecule has 0 radical (unpaired) electrons. The van der Waals surface area contributed by atoms with Gasteiger partial charge in [-0.2, -0.15) is 0 Å². The van der Waals surface area contributed by atoms with Crippen LogP contribution in [0.4, 0.5) is 17.1 Å². The first-order chi connectivity index (χ1) is 31.2. The molecule has 13 rings (SSSR count). The minimum Gasteiger partial charge on any atom is -0.456 e. The number of anilines is 3. The summed E-state index contributed by atoms with van der Waals surface area (Å²) in [5, 5.41) is 12.1. The first-order valence-corrected chi connectivity index (χ1v) is 21.6. The molecule has 294 valence electrons. The van der Waals surface area contributed by atoms with Gasteiger partial charge in [0.05, 0.1) is 28.1 Å². The van der Waals surface area contributed by atoms with E-state index in [-0.39, 0.29) is 0 Å². The Balaban J connectivity index is 1.04. The lowest BCUT2D eigenvalue weighted by atomic mass is 9.95. The van der Waals surface area contributed by atoms with Crippen LogP contribution in [0.15, 0.2) is 235 Å². The lowest BCUT2D eigenvalue weighted by Gasteiger charge is -2.30. The Morgan fingerprint density at radius 3 is 1.71 bits per heavy atom. The highest BCUT2D eigenvalue weighted by atomic mass is 16.3. The predicted octanol–water partition coefficient (Wildman–Crippen LogP) is 16.9. The Labute approximate surface area is 363 Å². The van der Waals surface area contributed by atoms with E-state index < -0.39 is 0 Å². The van der Waals surface area contributed by atoms with Crippen molar-refractivity contribution in [2.75, 3.05) is 4.90 Å². The van der Waals surface area contributed by atoms with Gasteiger partial charge in [0, 0.05) is 32.8 Å². The van der Waals surface area contributed by atoms with Gasteiger partial charge in [-0.15, -0.1) is 0 Å². The monoisotopic (exact) mass is 802 g/mol. The molecular formula is C60H38N2O. The van der Waals surface area contributed by atoms with Gasteiger partial charge in [-0.25, -0.2) is 0 Å². The van der Waals surface area contributed by atoms with E-state index in [0.717, 1.165) is 55.8 Å². The zero-order valence-electron chi connectivity index (χ0n) is 34.2. The van der Waals surface area contributed by atoms with Crippen LogP contribution in [0.5, 0.6) is 0 Å². The fourth-order valence-corrected chi connectivity index (χ4v) is 10.1. The number of rotatable bonds is 6. The molecule has 0 unspecified atom stereocenters. The highest BCUT2D eigenvalue weighted by Gasteiger charge is 2.24. The number of furan rings is 1. The van der Waals surface area contributed by atoms with Crippen LogP contribution in [-0.4, -0.2) is 4.57 Å². The van der Waals surface area contributed by atoms with Crippen LogP contribution < -0.4 is 4.90 Å². The molecule has 0 aliphatic heterocycles. The molecule has 0 aliphatic rings. The lowest BCUT2D eigenvalue weighted by Crippen LogP contribution is -2.14. The highest BCUT2D eigenvalue weighted by molar-refractivity contribution is 6.17. The Bertz CT molecular complexity index is 3870. The second-order valence-electron chi connectivity index (χ2n) is 16.5. The maximum absolute atomic E-state index is 6.63. The van der Waals surface area contributed by atoms with E-state index in [2.05, 4.69) is 240 Å². The second-order valence-corrected chi connectivity index (χ2v) is 16.5. The van der Waals surface area contributed by atoms with Gasteiger partial charge in [0.25, 0.3) is 0 Å². The molecule has 0 bridgehead atoms. The molecule has 0 saturated carbocycles. The molecule has 0 atom stereocenters. The van der Waals surface area contributed by atoms with Gasteiger partial charge < -0.3 is 13.9 Å². The molecule has 0 N–H and O–H groups in total. The summed E-state index contributed by atoms with van der Waals surface area (Å²) in [6.07, 6.45) is 0. The van der Waals surface area contributed by atoms with Gasteiger partial charge in [-0.05, 0) is 116 Å². The van der Waals surface area contributed by atoms with Crippen LogP contribution >= 0.6 is 0 Å². The van der Waals surface area contributed by atoms with Crippen molar-refractivity contribution >= 4 is 93.1 Å². The van der Waals surface area contributed by atoms with E-state index in [1.165, 1.54) is 65.3 Å². The van der Waals surface area contributed by atoms with E-state index in [1.54, 1.807) is 0 Å². The number of hydrogen-bond acceptors (Lipinski definition) is 2. The Morgan fingerprint density at radius 1 is 0.333 bits per heavy atom. The highest BCUT2D eigenvalue weighted by Crippen LogP contribution is 2.48. The molecule has 0 saturated heterocycles. The lowest BCUT2D eigenvalue weighted by molar-refractivity contribution is 0.669. The third kappa shape index (κ3) is 5.60. The normalized spacial score (nSPS) is 11.8. The van der Waals surface area contributed by atoms with Crippen molar-refractivity contribution in [2.24, 2.45) is 0 Å². The van der Waals surface area contributed by atoms with Gasteiger partial charge in [-0.3, -0.25) is 0 Å². The van der Waals surface area contributed by atoms with E-state index in [1.807, 2.05) is 0 Å². The van der Waals surface area contributed by atoms with Crippen molar-refractivity contribution in [1.82, 2.24) is 4.57 Å². The Morgan fingerprint density at radius 2 is 0.921 bits per heavy atom. The average molecular weight is 803 g/mol. The van der Waals surface area contributed by atoms with Crippen LogP contribution in [0.1, 0.15) is 0 Å². The molecule has 63 heavy (non-hydrogen) atoms. The second kappa shape index (κ2) is 14.1. The van der Waals surface area contributed by atoms with Gasteiger partial charge >= 0.3 is 0 Å². The van der Waals surface area contributed by atoms with Crippen LogP contribution in [0.3, 0.4) is 0 Å². The zero-order chi connectivity index (χ0) is 41.4. The number of para-hydroxylation sites is 5. The standard InChI is InChI=1S/C60H38N2O/c1-2-16-42-38-59-52(37-41(42)15-1)60-51(21-13-27-58(60)63-59)50-20-7-8-22-53(50)61(56-25-11-12-26-57(56)62-54-23-9-5-18-48(54)49-19-6-10-24-55(49)62)45-33-30-39(31-34-45)43-32-35-47-44(36-43)29-28-40-14-3-4-17-46(40)47/h1-38H. The molecule has 13 aromatic rings. The first kappa shape index (κ1) is 35.4. The molecular weight excluding hydrogens is 765 g/mol. The molecule has 3 heteroatoms. The van der Waals surface area contributed by atoms with Crippen LogP contribution in [0.25, 0.3) is 104 Å². The maximum Gasteiger partial charge on any atom is 0.136 e. The number of benzene rings is 11. The van der Waals surface area contributed by atoms with E-state index in [4.69, 9.17) is 4.42 Å². The smallest absolute Gasteiger partial charge is 0.136 e. The fourth-order valence-electron chi connectivity index (χ4n) is 10.1. The molecule has 0 amide bonds. The summed E-state index contributed by atoms with van der Waals surface area (Å²) in [5.74, 6) is 0. The minimum absolute atomic E-state index is 0.873. The molecule has 0 fully saturated rings. The number of fused-ring (bicyclic) bond motifs is 10. The summed E-state index contributed by atoms with van der Waals surface area (Å²) < 4.78 is 9.06. The quantitative estimate of drug-likeness (QED) is 0.156. The van der Waals surface area contributed by atoms with Crippen molar-refractivity contribution < 1.29 is 4.42 Å². The third-order valence-corrected chi connectivity index (χ3v) is 12.9. The third-order valence-electron chi connectivity index (χ3n) is 12.9. The molecule has 2 aromatic heterocycles. The fraction of sp³-hybridized carbons (Fsp3) is 0. The topological polar surface area (TPSA) is 21.3 Å². The van der Waals surface area contributed by atoms with E-state index >= 15 is 0 Å². The largest absolute Gasteiger partial charge is 0.456 e. The number of nitrogens with zero attached hydrogens (tertiary/aromatic N) is 2. The summed E-state index contributed by atoms with van der Waals surface area (Å²) in [5.41, 5.74) is 13.0. The van der Waals surface area contributed by atoms with Crippen LogP contribution in [0, 0.1) is 0 Å². The maximum atomic E-state index is 6.63. The summed E-state index contributed by atoms with van der Waals surface area (Å²) in [6.45, 7) is 0. The van der Waals surface area contributed by atoms with Crippen molar-refractivity contribution in [2.45, 2.75) is 0 Å². The first-order valence-electron chi connectivity index (χ1n) is 21.6. The van der Waals surface area contributed by atoms with Crippen molar-refractivity contribution in [3.63, 3.8) is 0 Å². The van der Waals surface area contributed by atoms with E-state index in [9.17, 15) is 0 Å². The Kier molecular flexibility index (Phi) is 7.91. The molecule has 3 nitrogen and oxygen atoms in total. The minimum atomic E-state index is 0.873. The van der Waals surface area contributed by atoms with Gasteiger partial charge in [0.2, 0.25) is 0 Å². The van der Waals surface area contributed by atoms with Crippen molar-refractivity contribution in [3.05, 3.63) is 231 Å². The number of hydrogen-bond donors (Lipinski definition) is 0. The van der Waals surface area contributed by atoms with Crippen molar-refractivity contribution in [3.8, 4) is 27.9 Å². The summed E-state index contributed by atoms with van der Waals surface area (Å²) in [6, 6.07) is 83.6. The molecule has 11 aromatic carbocycles. The zero-order valence-corrected chi connectivity index (χ0v) is 34.2. The number of aromatic nitrogens is 1. The summed E-state index contributed by atoms with van der Waals surface area (Å²) in [7, 11) is 0. The van der Waals surface area contributed by atoms with Crippen molar-refractivity contribution in [1.29, 1.82) is 0 Å². The van der Waals surface area contributed by atoms with Crippen LogP contribution in [-0.2, 0) is 0 Å². The van der Waals surface area contributed by atoms with E-state index in [0.29, 0.717) is 0 Å². The van der Waals surface area contributed by atoms with Gasteiger partial charge in [-0.1, -0.05) is 164 Å². The van der Waals surface area contributed by atoms with Crippen LogP contribution in [0.2, 0.25) is 0 Å². The van der Waals surface area contributed by atoms with Gasteiger partial charge in [0.1, 0.15) is 11.2 Å². The molecule has 0 spiro atoms.